The highest BCUT2D eigenvalue weighted by atomic mass is 16.3. The van der Waals surface area contributed by atoms with Gasteiger partial charge in [-0.1, -0.05) is 24.3 Å². The fourth-order valence-electron chi connectivity index (χ4n) is 1.57. The molecule has 1 aromatic carbocycles. The fraction of sp³-hybridized carbons (Fsp3) is 0.308. The summed E-state index contributed by atoms with van der Waals surface area (Å²) in [5, 5.41) is 13.9. The molecule has 0 aliphatic carbocycles. The highest BCUT2D eigenvalue weighted by molar-refractivity contribution is 5.61. The lowest BCUT2D eigenvalue weighted by atomic mass is 10.1. The molecule has 16 heavy (non-hydrogen) atoms. The molecule has 0 aliphatic rings. The average molecular weight is 215 g/mol. The largest absolute Gasteiger partial charge is 0.389 e. The molecule has 0 spiro atoms. The maximum absolute atomic E-state index is 9.69. The predicted octanol–water partition coefficient (Wildman–Crippen LogP) is 2.12. The van der Waals surface area contributed by atoms with Crippen LogP contribution in [-0.4, -0.2) is 20.5 Å². The Morgan fingerprint density at radius 1 is 1.31 bits per heavy atom. The van der Waals surface area contributed by atoms with Crippen LogP contribution in [-0.2, 0) is 6.54 Å². The first-order valence-corrected chi connectivity index (χ1v) is 5.26. The molecule has 0 atom stereocenters. The molecular weight excluding hydrogens is 200 g/mol. The Morgan fingerprint density at radius 3 is 2.62 bits per heavy atom. The Bertz CT molecular complexity index is 454. The Morgan fingerprint density at radius 2 is 2.00 bits per heavy atom. The molecule has 1 radical (unpaired) electrons. The molecule has 0 unspecified atom stereocenters. The van der Waals surface area contributed by atoms with Crippen LogP contribution in [0.15, 0.2) is 36.7 Å². The van der Waals surface area contributed by atoms with Gasteiger partial charge in [0.1, 0.15) is 0 Å². The molecule has 0 amide bonds. The van der Waals surface area contributed by atoms with Crippen LogP contribution in [0.25, 0.3) is 11.1 Å². The van der Waals surface area contributed by atoms with Gasteiger partial charge in [-0.05, 0) is 25.5 Å². The number of hydrogen-bond acceptors (Lipinski definition) is 2. The van der Waals surface area contributed by atoms with Crippen molar-refractivity contribution >= 4 is 0 Å². The zero-order valence-electron chi connectivity index (χ0n) is 9.51. The van der Waals surface area contributed by atoms with Gasteiger partial charge in [-0.15, -0.1) is 0 Å². The van der Waals surface area contributed by atoms with E-state index in [2.05, 4.69) is 11.2 Å². The molecule has 0 saturated carbocycles. The summed E-state index contributed by atoms with van der Waals surface area (Å²) in [5.41, 5.74) is 1.42. The van der Waals surface area contributed by atoms with Crippen molar-refractivity contribution in [3.8, 4) is 11.1 Å². The fourth-order valence-corrected chi connectivity index (χ4v) is 1.57. The van der Waals surface area contributed by atoms with Gasteiger partial charge in [-0.25, -0.2) is 0 Å². The Hall–Kier alpha value is -1.61. The van der Waals surface area contributed by atoms with E-state index in [4.69, 9.17) is 0 Å². The van der Waals surface area contributed by atoms with Gasteiger partial charge < -0.3 is 5.11 Å². The van der Waals surface area contributed by atoms with Crippen LogP contribution in [0, 0.1) is 6.07 Å². The van der Waals surface area contributed by atoms with Crippen molar-refractivity contribution in [3.63, 3.8) is 0 Å². The summed E-state index contributed by atoms with van der Waals surface area (Å²) in [6, 6.07) is 10.7. The zero-order chi connectivity index (χ0) is 11.6. The van der Waals surface area contributed by atoms with Gasteiger partial charge in [0.2, 0.25) is 0 Å². The Labute approximate surface area is 95.3 Å². The second kappa shape index (κ2) is 4.10. The number of benzene rings is 1. The quantitative estimate of drug-likeness (QED) is 0.851. The minimum atomic E-state index is -0.742. The number of hydrogen-bond donors (Lipinski definition) is 1. The van der Waals surface area contributed by atoms with Crippen LogP contribution in [0.1, 0.15) is 13.8 Å². The highest BCUT2D eigenvalue weighted by Gasteiger charge is 2.14. The van der Waals surface area contributed by atoms with Gasteiger partial charge in [-0.2, -0.15) is 5.10 Å². The van der Waals surface area contributed by atoms with Crippen LogP contribution in [0.4, 0.5) is 0 Å². The van der Waals surface area contributed by atoms with Gasteiger partial charge in [0.15, 0.2) is 0 Å². The summed E-state index contributed by atoms with van der Waals surface area (Å²) in [7, 11) is 0. The summed E-state index contributed by atoms with van der Waals surface area (Å²) in [6.07, 6.45) is 3.74. The summed E-state index contributed by atoms with van der Waals surface area (Å²) in [4.78, 5) is 0. The molecule has 1 heterocycles. The Balaban J connectivity index is 2.21. The van der Waals surface area contributed by atoms with E-state index in [-0.39, 0.29) is 0 Å². The SMILES string of the molecule is CC(C)(O)Cn1cc(-c2cc[c]cc2)cn1. The molecule has 0 fully saturated rings. The van der Waals surface area contributed by atoms with Gasteiger partial charge in [-0.3, -0.25) is 4.68 Å². The van der Waals surface area contributed by atoms with E-state index in [1.807, 2.05) is 30.5 Å². The van der Waals surface area contributed by atoms with Crippen LogP contribution in [0.5, 0.6) is 0 Å². The molecule has 0 saturated heterocycles. The van der Waals surface area contributed by atoms with E-state index in [0.717, 1.165) is 11.1 Å². The summed E-state index contributed by atoms with van der Waals surface area (Å²) in [5.74, 6) is 0. The first kappa shape index (κ1) is 10.9. The van der Waals surface area contributed by atoms with Crippen LogP contribution >= 0.6 is 0 Å². The van der Waals surface area contributed by atoms with Crippen molar-refractivity contribution in [2.24, 2.45) is 0 Å². The van der Waals surface area contributed by atoms with Crippen LogP contribution in [0.2, 0.25) is 0 Å². The van der Waals surface area contributed by atoms with Gasteiger partial charge in [0.25, 0.3) is 0 Å². The van der Waals surface area contributed by atoms with E-state index in [1.54, 1.807) is 24.7 Å². The first-order valence-electron chi connectivity index (χ1n) is 5.26. The van der Waals surface area contributed by atoms with Crippen molar-refractivity contribution in [2.75, 3.05) is 0 Å². The highest BCUT2D eigenvalue weighted by Crippen LogP contribution is 2.18. The monoisotopic (exact) mass is 215 g/mol. The normalized spacial score (nSPS) is 11.7. The lowest BCUT2D eigenvalue weighted by Crippen LogP contribution is -2.26. The van der Waals surface area contributed by atoms with Gasteiger partial charge >= 0.3 is 0 Å². The van der Waals surface area contributed by atoms with Crippen molar-refractivity contribution in [3.05, 3.63) is 42.7 Å². The van der Waals surface area contributed by atoms with E-state index in [1.165, 1.54) is 0 Å². The standard InChI is InChI=1S/C13H15N2O/c1-13(2,16)10-15-9-12(8-14-15)11-6-4-3-5-7-11/h4-9,16H,10H2,1-2H3. The summed E-state index contributed by atoms with van der Waals surface area (Å²) < 4.78 is 1.76. The Kier molecular flexibility index (Phi) is 2.79. The maximum Gasteiger partial charge on any atom is 0.0786 e. The molecule has 3 nitrogen and oxygen atoms in total. The molecule has 0 aliphatic heterocycles. The molecule has 3 heteroatoms. The van der Waals surface area contributed by atoms with Crippen molar-refractivity contribution < 1.29 is 5.11 Å². The molecule has 83 valence electrons. The topological polar surface area (TPSA) is 38.0 Å². The smallest absolute Gasteiger partial charge is 0.0786 e. The van der Waals surface area contributed by atoms with Crippen LogP contribution in [0.3, 0.4) is 0 Å². The molecule has 2 aromatic rings. The van der Waals surface area contributed by atoms with E-state index in [9.17, 15) is 5.11 Å². The molecular formula is C13H15N2O. The number of rotatable bonds is 3. The maximum atomic E-state index is 9.69. The number of aromatic nitrogens is 2. The van der Waals surface area contributed by atoms with E-state index >= 15 is 0 Å². The molecule has 1 N–H and O–H groups in total. The van der Waals surface area contributed by atoms with E-state index < -0.39 is 5.60 Å². The number of aliphatic hydroxyl groups is 1. The molecule has 1 aromatic heterocycles. The summed E-state index contributed by atoms with van der Waals surface area (Å²) in [6.45, 7) is 4.03. The lowest BCUT2D eigenvalue weighted by molar-refractivity contribution is 0.0577. The van der Waals surface area contributed by atoms with Crippen LogP contribution < -0.4 is 0 Å². The van der Waals surface area contributed by atoms with Crippen molar-refractivity contribution in [1.29, 1.82) is 0 Å². The zero-order valence-corrected chi connectivity index (χ0v) is 9.51. The number of nitrogens with zero attached hydrogens (tertiary/aromatic N) is 2. The molecule has 0 bridgehead atoms. The second-order valence-electron chi connectivity index (χ2n) is 4.53. The van der Waals surface area contributed by atoms with Gasteiger partial charge in [0, 0.05) is 11.8 Å². The molecule has 2 rings (SSSR count). The third kappa shape index (κ3) is 2.70. The minimum Gasteiger partial charge on any atom is -0.389 e. The predicted molar refractivity (Wildman–Crippen MR) is 62.8 cm³/mol. The second-order valence-corrected chi connectivity index (χ2v) is 4.53. The van der Waals surface area contributed by atoms with E-state index in [0.29, 0.717) is 6.54 Å². The third-order valence-corrected chi connectivity index (χ3v) is 2.23. The van der Waals surface area contributed by atoms with Gasteiger partial charge in [0.05, 0.1) is 18.3 Å². The first-order chi connectivity index (χ1) is 7.54. The van der Waals surface area contributed by atoms with Crippen molar-refractivity contribution in [2.45, 2.75) is 26.0 Å². The average Bonchev–Trinajstić information content (AvgIpc) is 2.65. The minimum absolute atomic E-state index is 0.492. The lowest BCUT2D eigenvalue weighted by Gasteiger charge is -2.16. The summed E-state index contributed by atoms with van der Waals surface area (Å²) >= 11 is 0. The third-order valence-electron chi connectivity index (χ3n) is 2.23. The van der Waals surface area contributed by atoms with Crippen molar-refractivity contribution in [1.82, 2.24) is 9.78 Å².